The van der Waals surface area contributed by atoms with Crippen LogP contribution >= 0.6 is 0 Å². The van der Waals surface area contributed by atoms with E-state index < -0.39 is 5.82 Å². The maximum atomic E-state index is 13.9. The molecule has 0 aromatic heterocycles. The first kappa shape index (κ1) is 22.0. The number of imide groups is 1. The Balaban J connectivity index is 1.38. The van der Waals surface area contributed by atoms with Gasteiger partial charge in [-0.15, -0.1) is 0 Å². The van der Waals surface area contributed by atoms with Gasteiger partial charge in [-0.3, -0.25) is 24.2 Å². The predicted octanol–water partition coefficient (Wildman–Crippen LogP) is 2.33. The van der Waals surface area contributed by atoms with Crippen molar-refractivity contribution in [1.82, 2.24) is 9.80 Å². The van der Waals surface area contributed by atoms with E-state index in [2.05, 4.69) is 9.80 Å². The van der Waals surface area contributed by atoms with Crippen LogP contribution in [-0.4, -0.2) is 73.3 Å². The van der Waals surface area contributed by atoms with E-state index in [1.165, 1.54) is 24.1 Å². The Morgan fingerprint density at radius 3 is 2.25 bits per heavy atom. The van der Waals surface area contributed by atoms with Crippen molar-refractivity contribution in [3.8, 4) is 5.75 Å². The van der Waals surface area contributed by atoms with Gasteiger partial charge in [-0.2, -0.15) is 0 Å². The second-order valence-corrected chi connectivity index (χ2v) is 7.94. The van der Waals surface area contributed by atoms with Crippen molar-refractivity contribution in [2.24, 2.45) is 0 Å². The quantitative estimate of drug-likeness (QED) is 0.508. The SMILES string of the molecule is CCN1C(=O)C[C@@H](N2CCN(c3ccc(C(=O)c4ccc(OC)c(F)c4)cc3)CC2)C1=O. The van der Waals surface area contributed by atoms with Crippen molar-refractivity contribution in [3.05, 3.63) is 59.4 Å². The van der Waals surface area contributed by atoms with Gasteiger partial charge in [0.2, 0.25) is 11.8 Å². The molecule has 0 radical (unpaired) electrons. The van der Waals surface area contributed by atoms with Crippen LogP contribution in [0.4, 0.5) is 10.1 Å². The molecule has 4 rings (SSSR count). The van der Waals surface area contributed by atoms with Gasteiger partial charge in [0.15, 0.2) is 17.3 Å². The van der Waals surface area contributed by atoms with Crippen LogP contribution in [0.3, 0.4) is 0 Å². The number of likely N-dealkylation sites (tertiary alicyclic amines) is 1. The third-order valence-electron chi connectivity index (χ3n) is 6.20. The van der Waals surface area contributed by atoms with Gasteiger partial charge in [0.25, 0.3) is 0 Å². The van der Waals surface area contributed by atoms with Crippen molar-refractivity contribution < 1.29 is 23.5 Å². The van der Waals surface area contributed by atoms with Gasteiger partial charge in [-0.05, 0) is 49.4 Å². The highest BCUT2D eigenvalue weighted by molar-refractivity contribution is 6.09. The van der Waals surface area contributed by atoms with E-state index in [1.807, 2.05) is 19.1 Å². The zero-order valence-electron chi connectivity index (χ0n) is 18.2. The number of amides is 2. The van der Waals surface area contributed by atoms with Crippen LogP contribution in [0.2, 0.25) is 0 Å². The third kappa shape index (κ3) is 4.10. The number of ketones is 1. The fourth-order valence-electron chi connectivity index (χ4n) is 4.37. The molecule has 7 nitrogen and oxygen atoms in total. The maximum absolute atomic E-state index is 13.9. The molecule has 32 heavy (non-hydrogen) atoms. The normalized spacial score (nSPS) is 19.5. The fraction of sp³-hybridized carbons (Fsp3) is 0.375. The summed E-state index contributed by atoms with van der Waals surface area (Å²) in [5, 5.41) is 0. The van der Waals surface area contributed by atoms with E-state index in [0.29, 0.717) is 25.2 Å². The number of hydrogen-bond acceptors (Lipinski definition) is 6. The number of benzene rings is 2. The molecular weight excluding hydrogens is 413 g/mol. The first-order valence-electron chi connectivity index (χ1n) is 10.7. The Morgan fingerprint density at radius 1 is 1.03 bits per heavy atom. The Morgan fingerprint density at radius 2 is 1.69 bits per heavy atom. The van der Waals surface area contributed by atoms with Crippen LogP contribution in [0.25, 0.3) is 0 Å². The molecule has 2 fully saturated rings. The van der Waals surface area contributed by atoms with E-state index in [0.717, 1.165) is 18.8 Å². The van der Waals surface area contributed by atoms with Gasteiger partial charge in [-0.25, -0.2) is 4.39 Å². The molecule has 2 heterocycles. The number of hydrogen-bond donors (Lipinski definition) is 0. The largest absolute Gasteiger partial charge is 0.494 e. The average Bonchev–Trinajstić information content (AvgIpc) is 3.11. The fourth-order valence-corrected chi connectivity index (χ4v) is 4.37. The zero-order valence-corrected chi connectivity index (χ0v) is 18.2. The summed E-state index contributed by atoms with van der Waals surface area (Å²) in [6.07, 6.45) is 0.259. The number of anilines is 1. The lowest BCUT2D eigenvalue weighted by molar-refractivity contribution is -0.139. The second kappa shape index (κ2) is 9.08. The van der Waals surface area contributed by atoms with Gasteiger partial charge >= 0.3 is 0 Å². The molecule has 2 aliphatic rings. The number of rotatable bonds is 6. The lowest BCUT2D eigenvalue weighted by Crippen LogP contribution is -2.52. The number of halogens is 1. The topological polar surface area (TPSA) is 70.2 Å². The summed E-state index contributed by atoms with van der Waals surface area (Å²) in [6, 6.07) is 11.1. The van der Waals surface area contributed by atoms with E-state index in [-0.39, 0.29) is 41.4 Å². The number of carbonyl (C=O) groups is 3. The van der Waals surface area contributed by atoms with Crippen molar-refractivity contribution in [2.45, 2.75) is 19.4 Å². The van der Waals surface area contributed by atoms with Gasteiger partial charge in [0.05, 0.1) is 19.6 Å². The number of methoxy groups -OCH3 is 1. The minimum absolute atomic E-state index is 0.0937. The molecule has 2 aromatic rings. The molecule has 0 bridgehead atoms. The summed E-state index contributed by atoms with van der Waals surface area (Å²) in [4.78, 5) is 42.8. The molecule has 8 heteroatoms. The van der Waals surface area contributed by atoms with E-state index in [1.54, 1.807) is 18.2 Å². The summed E-state index contributed by atoms with van der Waals surface area (Å²) >= 11 is 0. The second-order valence-electron chi connectivity index (χ2n) is 7.94. The summed E-state index contributed by atoms with van der Waals surface area (Å²) in [7, 11) is 1.38. The van der Waals surface area contributed by atoms with Crippen LogP contribution in [0.1, 0.15) is 29.3 Å². The molecule has 0 saturated carbocycles. The van der Waals surface area contributed by atoms with E-state index in [4.69, 9.17) is 4.74 Å². The minimum Gasteiger partial charge on any atom is -0.494 e. The van der Waals surface area contributed by atoms with Crippen molar-refractivity contribution in [1.29, 1.82) is 0 Å². The van der Waals surface area contributed by atoms with Crippen LogP contribution in [0.5, 0.6) is 5.75 Å². The standard InChI is InChI=1S/C24H26FN3O4/c1-3-28-22(29)15-20(24(28)31)27-12-10-26(11-13-27)18-7-4-16(5-8-18)23(30)17-6-9-21(32-2)19(25)14-17/h4-9,14,20H,3,10-13,15H2,1-2H3/t20-/m1/s1. The van der Waals surface area contributed by atoms with Gasteiger partial charge in [0.1, 0.15) is 0 Å². The molecular formula is C24H26FN3O4. The summed E-state index contributed by atoms with van der Waals surface area (Å²) in [5.74, 6) is -0.919. The number of likely N-dealkylation sites (N-methyl/N-ethyl adjacent to an activating group) is 1. The smallest absolute Gasteiger partial charge is 0.247 e. The summed E-state index contributed by atoms with van der Waals surface area (Å²) < 4.78 is 18.8. The molecule has 0 N–H and O–H groups in total. The van der Waals surface area contributed by atoms with E-state index >= 15 is 0 Å². The average molecular weight is 439 g/mol. The minimum atomic E-state index is -0.572. The number of piperazine rings is 1. The van der Waals surface area contributed by atoms with Crippen LogP contribution < -0.4 is 9.64 Å². The lowest BCUT2D eigenvalue weighted by Gasteiger charge is -2.38. The number of ether oxygens (including phenoxy) is 1. The molecule has 2 saturated heterocycles. The highest BCUT2D eigenvalue weighted by Crippen LogP contribution is 2.24. The van der Waals surface area contributed by atoms with Crippen molar-refractivity contribution >= 4 is 23.3 Å². The lowest BCUT2D eigenvalue weighted by atomic mass is 10.0. The molecule has 1 atom stereocenters. The highest BCUT2D eigenvalue weighted by Gasteiger charge is 2.41. The van der Waals surface area contributed by atoms with Gasteiger partial charge < -0.3 is 9.64 Å². The van der Waals surface area contributed by atoms with Crippen molar-refractivity contribution in [3.63, 3.8) is 0 Å². The Bertz CT molecular complexity index is 1030. The predicted molar refractivity (Wildman–Crippen MR) is 117 cm³/mol. The van der Waals surface area contributed by atoms with Gasteiger partial charge in [0, 0.05) is 49.5 Å². The molecule has 2 aliphatic heterocycles. The van der Waals surface area contributed by atoms with Crippen LogP contribution in [0.15, 0.2) is 42.5 Å². The first-order valence-corrected chi connectivity index (χ1v) is 10.7. The molecule has 2 aromatic carbocycles. The number of nitrogens with zero attached hydrogens (tertiary/aromatic N) is 3. The van der Waals surface area contributed by atoms with Crippen molar-refractivity contribution in [2.75, 3.05) is 44.7 Å². The Kier molecular flexibility index (Phi) is 6.23. The van der Waals surface area contributed by atoms with Crippen LogP contribution in [0, 0.1) is 5.82 Å². The zero-order chi connectivity index (χ0) is 22.8. The van der Waals surface area contributed by atoms with Gasteiger partial charge in [-0.1, -0.05) is 0 Å². The maximum Gasteiger partial charge on any atom is 0.247 e. The molecule has 2 amide bonds. The highest BCUT2D eigenvalue weighted by atomic mass is 19.1. The molecule has 168 valence electrons. The van der Waals surface area contributed by atoms with E-state index in [9.17, 15) is 18.8 Å². The third-order valence-corrected chi connectivity index (χ3v) is 6.20. The first-order chi connectivity index (χ1) is 15.4. The number of carbonyl (C=O) groups excluding carboxylic acids is 3. The Hall–Kier alpha value is -3.26. The summed E-state index contributed by atoms with van der Waals surface area (Å²) in [6.45, 7) is 5.06. The van der Waals surface area contributed by atoms with Crippen LogP contribution in [-0.2, 0) is 9.59 Å². The molecule has 0 spiro atoms. The Labute approximate surface area is 186 Å². The monoisotopic (exact) mass is 439 g/mol. The molecule has 0 unspecified atom stereocenters. The summed E-state index contributed by atoms with van der Waals surface area (Å²) in [5.41, 5.74) is 1.72. The molecule has 0 aliphatic carbocycles.